The molecule has 0 unspecified atom stereocenters. The van der Waals surface area contributed by atoms with E-state index in [4.69, 9.17) is 11.6 Å². The molecular weight excluding hydrogens is 279 g/mol. The van der Waals surface area contributed by atoms with E-state index < -0.39 is 17.5 Å². The first-order chi connectivity index (χ1) is 9.00. The first-order valence-electron chi connectivity index (χ1n) is 5.34. The molecule has 6 heteroatoms. The predicted octanol–water partition coefficient (Wildman–Crippen LogP) is 4.08. The average molecular weight is 288 g/mol. The maximum Gasteiger partial charge on any atom is 0.196 e. The van der Waals surface area contributed by atoms with Crippen molar-refractivity contribution in [2.24, 2.45) is 0 Å². The highest BCUT2D eigenvalue weighted by Crippen LogP contribution is 2.28. The standard InChI is InChI=1S/C13H9ClF3NO/c14-8-3-1-2-7(13(8)19)6-18-10-5-4-9(15)11(16)12(10)17/h1-5,18-19H,6H2. The lowest BCUT2D eigenvalue weighted by molar-refractivity contribution is 0.448. The molecule has 2 nitrogen and oxygen atoms in total. The number of halogens is 4. The lowest BCUT2D eigenvalue weighted by Crippen LogP contribution is -2.04. The number of phenolic OH excluding ortho intramolecular Hbond substituents is 1. The van der Waals surface area contributed by atoms with Crippen LogP contribution >= 0.6 is 11.6 Å². The second kappa shape index (κ2) is 5.40. The number of hydrogen-bond donors (Lipinski definition) is 2. The summed E-state index contributed by atoms with van der Waals surface area (Å²) in [6.07, 6.45) is 0. The van der Waals surface area contributed by atoms with E-state index in [0.29, 0.717) is 5.56 Å². The Morgan fingerprint density at radius 3 is 2.53 bits per heavy atom. The predicted molar refractivity (Wildman–Crippen MR) is 66.8 cm³/mol. The Morgan fingerprint density at radius 2 is 1.79 bits per heavy atom. The Balaban J connectivity index is 2.20. The van der Waals surface area contributed by atoms with Gasteiger partial charge in [-0.1, -0.05) is 23.7 Å². The van der Waals surface area contributed by atoms with Crippen LogP contribution in [0, 0.1) is 17.5 Å². The van der Waals surface area contributed by atoms with Crippen LogP contribution in [0.1, 0.15) is 5.56 Å². The molecular formula is C13H9ClF3NO. The van der Waals surface area contributed by atoms with Crippen molar-refractivity contribution < 1.29 is 18.3 Å². The summed E-state index contributed by atoms with van der Waals surface area (Å²) >= 11 is 5.71. The number of anilines is 1. The van der Waals surface area contributed by atoms with Gasteiger partial charge in [-0.25, -0.2) is 13.2 Å². The highest BCUT2D eigenvalue weighted by molar-refractivity contribution is 6.32. The van der Waals surface area contributed by atoms with Crippen LogP contribution in [0.25, 0.3) is 0 Å². The minimum absolute atomic E-state index is 0.0222. The molecule has 0 radical (unpaired) electrons. The zero-order chi connectivity index (χ0) is 14.0. The topological polar surface area (TPSA) is 32.3 Å². The van der Waals surface area contributed by atoms with Gasteiger partial charge in [-0.3, -0.25) is 0 Å². The number of para-hydroxylation sites is 1. The monoisotopic (exact) mass is 287 g/mol. The first kappa shape index (κ1) is 13.5. The molecule has 19 heavy (non-hydrogen) atoms. The van der Waals surface area contributed by atoms with E-state index >= 15 is 0 Å². The Bertz CT molecular complexity index is 619. The molecule has 2 N–H and O–H groups in total. The van der Waals surface area contributed by atoms with E-state index in [1.54, 1.807) is 12.1 Å². The van der Waals surface area contributed by atoms with Gasteiger partial charge < -0.3 is 10.4 Å². The summed E-state index contributed by atoms with van der Waals surface area (Å²) in [5.74, 6) is -4.24. The minimum atomic E-state index is -1.54. The van der Waals surface area contributed by atoms with E-state index in [1.165, 1.54) is 6.07 Å². The highest BCUT2D eigenvalue weighted by Gasteiger charge is 2.13. The van der Waals surface area contributed by atoms with Gasteiger partial charge in [0.25, 0.3) is 0 Å². The summed E-state index contributed by atoms with van der Waals surface area (Å²) in [6, 6.07) is 6.58. The molecule has 2 rings (SSSR count). The molecule has 0 heterocycles. The number of phenols is 1. The molecule has 2 aromatic rings. The van der Waals surface area contributed by atoms with Crippen LogP contribution < -0.4 is 5.32 Å². The fraction of sp³-hybridized carbons (Fsp3) is 0.0769. The lowest BCUT2D eigenvalue weighted by atomic mass is 10.2. The van der Waals surface area contributed by atoms with Gasteiger partial charge in [0.05, 0.1) is 10.7 Å². The number of rotatable bonds is 3. The van der Waals surface area contributed by atoms with Gasteiger partial charge in [0.2, 0.25) is 0 Å². The average Bonchev–Trinajstić information content (AvgIpc) is 2.40. The quantitative estimate of drug-likeness (QED) is 0.834. The zero-order valence-electron chi connectivity index (χ0n) is 9.55. The van der Waals surface area contributed by atoms with Crippen molar-refractivity contribution in [1.29, 1.82) is 0 Å². The van der Waals surface area contributed by atoms with Crippen LogP contribution in [0.15, 0.2) is 30.3 Å². The maximum atomic E-state index is 13.4. The molecule has 100 valence electrons. The summed E-state index contributed by atoms with van der Waals surface area (Å²) in [7, 11) is 0. The van der Waals surface area contributed by atoms with Gasteiger partial charge in [-0.05, 0) is 18.2 Å². The van der Waals surface area contributed by atoms with E-state index in [2.05, 4.69) is 5.32 Å². The highest BCUT2D eigenvalue weighted by atomic mass is 35.5. The third-order valence-corrected chi connectivity index (χ3v) is 2.88. The van der Waals surface area contributed by atoms with Crippen LogP contribution in [0.5, 0.6) is 5.75 Å². The van der Waals surface area contributed by atoms with E-state index in [0.717, 1.165) is 12.1 Å². The Kier molecular flexibility index (Phi) is 3.85. The second-order valence-corrected chi connectivity index (χ2v) is 4.23. The molecule has 0 saturated carbocycles. The van der Waals surface area contributed by atoms with Crippen LogP contribution in [0.4, 0.5) is 18.9 Å². The van der Waals surface area contributed by atoms with Crippen molar-refractivity contribution >= 4 is 17.3 Å². The van der Waals surface area contributed by atoms with Crippen molar-refractivity contribution in [3.05, 3.63) is 58.4 Å². The summed E-state index contributed by atoms with van der Waals surface area (Å²) in [6.45, 7) is 0.0222. The van der Waals surface area contributed by atoms with Crippen molar-refractivity contribution in [2.45, 2.75) is 6.54 Å². The summed E-state index contributed by atoms with van der Waals surface area (Å²) < 4.78 is 39.1. The third kappa shape index (κ3) is 2.76. The van der Waals surface area contributed by atoms with Gasteiger partial charge in [0, 0.05) is 12.1 Å². The van der Waals surface area contributed by atoms with E-state index in [-0.39, 0.29) is 23.0 Å². The molecule has 0 saturated heterocycles. The molecule has 0 aromatic heterocycles. The van der Waals surface area contributed by atoms with Gasteiger partial charge in [-0.15, -0.1) is 0 Å². The smallest absolute Gasteiger partial charge is 0.196 e. The zero-order valence-corrected chi connectivity index (χ0v) is 10.3. The minimum Gasteiger partial charge on any atom is -0.506 e. The van der Waals surface area contributed by atoms with Gasteiger partial charge in [0.15, 0.2) is 17.5 Å². The van der Waals surface area contributed by atoms with Crippen molar-refractivity contribution in [3.63, 3.8) is 0 Å². The van der Waals surface area contributed by atoms with E-state index in [9.17, 15) is 18.3 Å². The number of aromatic hydroxyl groups is 1. The summed E-state index contributed by atoms with van der Waals surface area (Å²) in [4.78, 5) is 0. The van der Waals surface area contributed by atoms with Crippen molar-refractivity contribution in [3.8, 4) is 5.75 Å². The van der Waals surface area contributed by atoms with Gasteiger partial charge >= 0.3 is 0 Å². The summed E-state index contributed by atoms with van der Waals surface area (Å²) in [5.41, 5.74) is 0.218. The van der Waals surface area contributed by atoms with Crippen molar-refractivity contribution in [1.82, 2.24) is 0 Å². The van der Waals surface area contributed by atoms with Crippen LogP contribution in [-0.4, -0.2) is 5.11 Å². The van der Waals surface area contributed by atoms with Crippen LogP contribution in [-0.2, 0) is 6.54 Å². The summed E-state index contributed by atoms with van der Waals surface area (Å²) in [5, 5.41) is 12.4. The van der Waals surface area contributed by atoms with Gasteiger partial charge in [-0.2, -0.15) is 0 Å². The van der Waals surface area contributed by atoms with E-state index in [1.807, 2.05) is 0 Å². The molecule has 0 aliphatic rings. The Labute approximate surface area is 112 Å². The largest absolute Gasteiger partial charge is 0.506 e. The third-order valence-electron chi connectivity index (χ3n) is 2.57. The molecule has 0 aliphatic carbocycles. The molecule has 0 aliphatic heterocycles. The molecule has 0 bridgehead atoms. The molecule has 2 aromatic carbocycles. The first-order valence-corrected chi connectivity index (χ1v) is 5.72. The molecule has 0 atom stereocenters. The van der Waals surface area contributed by atoms with Crippen LogP contribution in [0.2, 0.25) is 5.02 Å². The van der Waals surface area contributed by atoms with Crippen LogP contribution in [0.3, 0.4) is 0 Å². The van der Waals surface area contributed by atoms with Crippen molar-refractivity contribution in [2.75, 3.05) is 5.32 Å². The number of nitrogens with one attached hydrogen (secondary N) is 1. The number of benzene rings is 2. The number of hydrogen-bond acceptors (Lipinski definition) is 2. The molecule has 0 amide bonds. The molecule has 0 fully saturated rings. The Hall–Kier alpha value is -1.88. The Morgan fingerprint density at radius 1 is 1.05 bits per heavy atom. The second-order valence-electron chi connectivity index (χ2n) is 3.82. The lowest BCUT2D eigenvalue weighted by Gasteiger charge is -2.10. The molecule has 0 spiro atoms. The SMILES string of the molecule is Oc1c(Cl)cccc1CNc1ccc(F)c(F)c1F. The fourth-order valence-electron chi connectivity index (χ4n) is 1.56. The van der Waals surface area contributed by atoms with Gasteiger partial charge in [0.1, 0.15) is 5.75 Å². The normalized spacial score (nSPS) is 10.5. The maximum absolute atomic E-state index is 13.4. The fourth-order valence-corrected chi connectivity index (χ4v) is 1.75.